The zero-order valence-electron chi connectivity index (χ0n) is 8.28. The molecule has 0 heterocycles. The molecule has 0 unspecified atom stereocenters. The van der Waals surface area contributed by atoms with Crippen LogP contribution < -0.4 is 0 Å². The minimum atomic E-state index is -4.06. The predicted octanol–water partition coefficient (Wildman–Crippen LogP) is 2.14. The van der Waals surface area contributed by atoms with Crippen molar-refractivity contribution in [2.75, 3.05) is 7.18 Å². The first-order valence-corrected chi connectivity index (χ1v) is 5.28. The number of benzene rings is 1. The van der Waals surface area contributed by atoms with E-state index in [0.29, 0.717) is 18.3 Å². The maximum atomic E-state index is 10.8. The van der Waals surface area contributed by atoms with Gasteiger partial charge in [0.25, 0.3) is 10.1 Å². The number of aryl methyl sites for hydroxylation is 2. The van der Waals surface area contributed by atoms with Crippen LogP contribution in [0.3, 0.4) is 0 Å². The molecule has 0 saturated heterocycles. The molecule has 0 bridgehead atoms. The zero-order valence-corrected chi connectivity index (χ0v) is 9.10. The largest absolute Gasteiger partial charge is 0.295 e. The van der Waals surface area contributed by atoms with Gasteiger partial charge in [-0.05, 0) is 25.0 Å². The van der Waals surface area contributed by atoms with Crippen molar-refractivity contribution >= 4 is 10.1 Å². The molecule has 0 atom stereocenters. The summed E-state index contributed by atoms with van der Waals surface area (Å²) in [6.07, 6.45) is 0. The van der Waals surface area contributed by atoms with Gasteiger partial charge in [0, 0.05) is 0 Å². The lowest BCUT2D eigenvalue weighted by Gasteiger charge is -2.04. The maximum absolute atomic E-state index is 10.8. The van der Waals surface area contributed by atoms with Gasteiger partial charge in [0.2, 0.25) is 0 Å². The summed E-state index contributed by atoms with van der Waals surface area (Å²) < 4.78 is 40.0. The molecule has 0 saturated carbocycles. The number of alkyl halides is 1. The number of halogens is 1. The molecule has 0 aliphatic rings. The summed E-state index contributed by atoms with van der Waals surface area (Å²) in [5.41, 5.74) is 1.13. The van der Waals surface area contributed by atoms with Gasteiger partial charge in [-0.15, -0.1) is 0 Å². The minimum Gasteiger partial charge on any atom is -0.282 e. The topological polar surface area (TPSA) is 54.4 Å². The highest BCUT2D eigenvalue weighted by molar-refractivity contribution is 7.86. The molecule has 0 amide bonds. The highest BCUT2D eigenvalue weighted by Gasteiger charge is 2.14. The number of hydrogen-bond donors (Lipinski definition) is 1. The van der Waals surface area contributed by atoms with Crippen LogP contribution in [0.25, 0.3) is 0 Å². The molecule has 1 N–H and O–H groups in total. The Morgan fingerprint density at radius 1 is 1.14 bits per heavy atom. The monoisotopic (exact) mass is 220 g/mol. The Balaban J connectivity index is 0.000000791. The number of hydrogen-bond acceptors (Lipinski definition) is 2. The third kappa shape index (κ3) is 3.08. The van der Waals surface area contributed by atoms with Crippen LogP contribution in [-0.2, 0) is 10.1 Å². The zero-order chi connectivity index (χ0) is 11.4. The molecule has 14 heavy (non-hydrogen) atoms. The Kier molecular flexibility index (Phi) is 4.73. The van der Waals surface area contributed by atoms with E-state index in [1.807, 2.05) is 0 Å². The second kappa shape index (κ2) is 5.07. The molecular formula is C9H13FO3S. The van der Waals surface area contributed by atoms with Crippen LogP contribution in [0.15, 0.2) is 23.1 Å². The van der Waals surface area contributed by atoms with Crippen molar-refractivity contribution in [1.82, 2.24) is 0 Å². The summed E-state index contributed by atoms with van der Waals surface area (Å²) in [6, 6.07) is 5.05. The van der Waals surface area contributed by atoms with Gasteiger partial charge >= 0.3 is 0 Å². The molecule has 0 aliphatic heterocycles. The SMILES string of the molecule is CF.Cc1cccc(C)c1S(=O)(=O)O. The Bertz CT molecular complexity index is 378. The molecule has 5 heteroatoms. The van der Waals surface area contributed by atoms with Gasteiger partial charge in [-0.2, -0.15) is 8.42 Å². The molecular weight excluding hydrogens is 207 g/mol. The normalized spacial score (nSPS) is 10.4. The molecule has 3 nitrogen and oxygen atoms in total. The van der Waals surface area contributed by atoms with E-state index < -0.39 is 10.1 Å². The first-order chi connectivity index (χ1) is 6.43. The van der Waals surface area contributed by atoms with Crippen LogP contribution in [0.5, 0.6) is 0 Å². The smallest absolute Gasteiger partial charge is 0.282 e. The highest BCUT2D eigenvalue weighted by atomic mass is 32.2. The van der Waals surface area contributed by atoms with Gasteiger partial charge in [-0.1, -0.05) is 18.2 Å². The Morgan fingerprint density at radius 3 is 1.71 bits per heavy atom. The fourth-order valence-electron chi connectivity index (χ4n) is 1.21. The molecule has 0 radical (unpaired) electrons. The van der Waals surface area contributed by atoms with E-state index in [9.17, 15) is 12.8 Å². The van der Waals surface area contributed by atoms with Crippen molar-refractivity contribution in [1.29, 1.82) is 0 Å². The van der Waals surface area contributed by atoms with E-state index in [1.54, 1.807) is 32.0 Å². The van der Waals surface area contributed by atoms with Crippen LogP contribution in [0.4, 0.5) is 4.39 Å². The second-order valence-corrected chi connectivity index (χ2v) is 4.05. The predicted molar refractivity (Wildman–Crippen MR) is 52.8 cm³/mol. The maximum Gasteiger partial charge on any atom is 0.295 e. The first kappa shape index (κ1) is 13.1. The summed E-state index contributed by atoms with van der Waals surface area (Å²) in [7, 11) is -3.56. The van der Waals surface area contributed by atoms with Gasteiger partial charge in [-0.25, -0.2) is 0 Å². The van der Waals surface area contributed by atoms with Crippen molar-refractivity contribution in [2.24, 2.45) is 0 Å². The highest BCUT2D eigenvalue weighted by Crippen LogP contribution is 2.18. The quantitative estimate of drug-likeness (QED) is 0.738. The average molecular weight is 220 g/mol. The molecule has 0 aliphatic carbocycles. The van der Waals surface area contributed by atoms with Crippen molar-refractivity contribution in [3.05, 3.63) is 29.3 Å². The summed E-state index contributed by atoms with van der Waals surface area (Å²) in [5.74, 6) is 0. The lowest BCUT2D eigenvalue weighted by molar-refractivity contribution is 0.482. The summed E-state index contributed by atoms with van der Waals surface area (Å²) in [4.78, 5) is 0.0185. The molecule has 0 fully saturated rings. The standard InChI is InChI=1S/C8H10O3S.CH3F/c1-6-4-3-5-7(2)8(6)12(9,10)11;1-2/h3-5H,1-2H3,(H,9,10,11);1H3. The van der Waals surface area contributed by atoms with Crippen LogP contribution in [0.1, 0.15) is 11.1 Å². The third-order valence-electron chi connectivity index (χ3n) is 1.67. The fourth-order valence-corrected chi connectivity index (χ4v) is 2.16. The van der Waals surface area contributed by atoms with Crippen LogP contribution in [-0.4, -0.2) is 20.1 Å². The average Bonchev–Trinajstić information content (AvgIpc) is 2.05. The van der Waals surface area contributed by atoms with Crippen molar-refractivity contribution in [3.63, 3.8) is 0 Å². The Morgan fingerprint density at radius 2 is 1.50 bits per heavy atom. The van der Waals surface area contributed by atoms with Crippen LogP contribution in [0.2, 0.25) is 0 Å². The van der Waals surface area contributed by atoms with Crippen molar-refractivity contribution < 1.29 is 17.4 Å². The lowest BCUT2D eigenvalue weighted by atomic mass is 10.2. The first-order valence-electron chi connectivity index (χ1n) is 3.84. The third-order valence-corrected chi connectivity index (χ3v) is 2.83. The van der Waals surface area contributed by atoms with Crippen LogP contribution >= 0.6 is 0 Å². The molecule has 0 aromatic heterocycles. The Hall–Kier alpha value is -0.940. The van der Waals surface area contributed by atoms with E-state index in [1.165, 1.54) is 0 Å². The van der Waals surface area contributed by atoms with E-state index in [2.05, 4.69) is 0 Å². The van der Waals surface area contributed by atoms with E-state index >= 15 is 0 Å². The molecule has 80 valence electrons. The van der Waals surface area contributed by atoms with Gasteiger partial charge in [-0.3, -0.25) is 8.94 Å². The molecule has 0 spiro atoms. The van der Waals surface area contributed by atoms with Crippen LogP contribution in [0, 0.1) is 13.8 Å². The second-order valence-electron chi connectivity index (χ2n) is 2.70. The number of rotatable bonds is 1. The summed E-state index contributed by atoms with van der Waals surface area (Å²) in [6.45, 7) is 3.30. The van der Waals surface area contributed by atoms with Gasteiger partial charge < -0.3 is 0 Å². The lowest BCUT2D eigenvalue weighted by Crippen LogP contribution is -2.03. The van der Waals surface area contributed by atoms with Crippen molar-refractivity contribution in [3.8, 4) is 0 Å². The molecule has 1 aromatic carbocycles. The summed E-state index contributed by atoms with van der Waals surface area (Å²) >= 11 is 0. The van der Waals surface area contributed by atoms with Crippen molar-refractivity contribution in [2.45, 2.75) is 18.7 Å². The Labute approximate surface area is 83.3 Å². The van der Waals surface area contributed by atoms with E-state index in [0.717, 1.165) is 0 Å². The molecule has 1 aromatic rings. The molecule has 1 rings (SSSR count). The van der Waals surface area contributed by atoms with Gasteiger partial charge in [0.05, 0.1) is 12.1 Å². The minimum absolute atomic E-state index is 0.0185. The van der Waals surface area contributed by atoms with E-state index in [-0.39, 0.29) is 4.90 Å². The summed E-state index contributed by atoms with van der Waals surface area (Å²) in [5, 5.41) is 0. The van der Waals surface area contributed by atoms with Gasteiger partial charge in [0.15, 0.2) is 0 Å². The fraction of sp³-hybridized carbons (Fsp3) is 0.333. The van der Waals surface area contributed by atoms with E-state index in [4.69, 9.17) is 4.55 Å². The van der Waals surface area contributed by atoms with Gasteiger partial charge in [0.1, 0.15) is 0 Å².